The predicted octanol–water partition coefficient (Wildman–Crippen LogP) is 3.61. The number of rotatable bonds is 6. The topological polar surface area (TPSA) is 52.6 Å². The Morgan fingerprint density at radius 3 is 0.969 bits per heavy atom. The molecule has 1 aromatic carbocycles. The number of carbonyl (C=O) groups excluding carboxylic acids is 2. The molecule has 0 fully saturated rings. The molecular weight excluding hydrogens is 432 g/mol. The van der Waals surface area contributed by atoms with Crippen LogP contribution in [0.5, 0.6) is 0 Å². The monoisotopic (exact) mass is 478 g/mol. The highest BCUT2D eigenvalue weighted by atomic mass is 28.2. The first-order chi connectivity index (χ1) is 14.2. The predicted molar refractivity (Wildman–Crippen MR) is 140 cm³/mol. The van der Waals surface area contributed by atoms with Crippen LogP contribution < -0.4 is 10.4 Å². The summed E-state index contributed by atoms with van der Waals surface area (Å²) < 4.78 is 11.6. The molecule has 0 unspecified atom stereocenters. The van der Waals surface area contributed by atoms with Crippen molar-refractivity contribution in [3.63, 3.8) is 0 Å². The van der Waals surface area contributed by atoms with Crippen molar-refractivity contribution in [2.24, 2.45) is 33.5 Å². The molecule has 0 radical (unpaired) electrons. The van der Waals surface area contributed by atoms with Crippen molar-refractivity contribution >= 4 is 41.8 Å². The molecule has 182 valence electrons. The zero-order valence-corrected chi connectivity index (χ0v) is 25.3. The van der Waals surface area contributed by atoms with Gasteiger partial charge in [-0.15, -0.1) is 0 Å². The summed E-state index contributed by atoms with van der Waals surface area (Å²) in [6, 6.07) is 8.07. The van der Waals surface area contributed by atoms with Gasteiger partial charge in [-0.25, -0.2) is 0 Å². The lowest BCUT2D eigenvalue weighted by atomic mass is 9.67. The first kappa shape index (κ1) is 28.6. The molecule has 0 aromatic heterocycles. The van der Waals surface area contributed by atoms with Gasteiger partial charge >= 0.3 is 0 Å². The zero-order chi connectivity index (χ0) is 25.1. The number of hydrogen-bond acceptors (Lipinski definition) is 4. The fraction of sp³-hybridized carbons (Fsp3) is 0.692. The zero-order valence-electron chi connectivity index (χ0n) is 22.5. The Morgan fingerprint density at radius 2 is 0.781 bits per heavy atom. The van der Waals surface area contributed by atoms with Crippen LogP contribution in [0, 0.1) is 33.5 Å². The largest absolute Gasteiger partial charge is 0.520 e. The van der Waals surface area contributed by atoms with Crippen molar-refractivity contribution in [3.8, 4) is 0 Å². The maximum Gasteiger partial charge on any atom is 0.296 e. The van der Waals surface area contributed by atoms with Gasteiger partial charge < -0.3 is 8.85 Å². The minimum absolute atomic E-state index is 0.0977. The van der Waals surface area contributed by atoms with Crippen LogP contribution in [0.1, 0.15) is 83.1 Å². The Labute approximate surface area is 201 Å². The Hall–Kier alpha value is -1.41. The van der Waals surface area contributed by atoms with Crippen molar-refractivity contribution in [3.05, 3.63) is 24.3 Å². The summed E-state index contributed by atoms with van der Waals surface area (Å²) in [6.07, 6.45) is 0. The second kappa shape index (κ2) is 10.2. The molecular formula is C26H46O4Si2. The standard InChI is InChI=1S/C26H46O4Si2/c1-23(2,3)19(24(4,5)6)21(27)29-31-17-13-15-18(16-14-17)32-30-22(28)20(25(7,8)9)26(10,11)12/h13-16,19-20H,31-32H2,1-12H3. The van der Waals surface area contributed by atoms with E-state index in [0.29, 0.717) is 0 Å². The highest BCUT2D eigenvalue weighted by Crippen LogP contribution is 2.41. The van der Waals surface area contributed by atoms with Gasteiger partial charge in [-0.3, -0.25) is 9.59 Å². The van der Waals surface area contributed by atoms with E-state index in [1.807, 2.05) is 24.3 Å². The Balaban J connectivity index is 2.75. The van der Waals surface area contributed by atoms with E-state index in [1.54, 1.807) is 0 Å². The molecule has 6 heteroatoms. The van der Waals surface area contributed by atoms with Crippen molar-refractivity contribution < 1.29 is 18.4 Å². The lowest BCUT2D eigenvalue weighted by Gasteiger charge is -2.38. The van der Waals surface area contributed by atoms with E-state index in [0.717, 1.165) is 10.4 Å². The quantitative estimate of drug-likeness (QED) is 0.586. The van der Waals surface area contributed by atoms with Crippen LogP contribution in [0.15, 0.2) is 24.3 Å². The van der Waals surface area contributed by atoms with Gasteiger partial charge in [0.25, 0.3) is 31.5 Å². The average Bonchev–Trinajstić information content (AvgIpc) is 2.53. The molecule has 32 heavy (non-hydrogen) atoms. The number of benzene rings is 1. The molecule has 0 aliphatic heterocycles. The third-order valence-electron chi connectivity index (χ3n) is 5.72. The third kappa shape index (κ3) is 8.51. The minimum Gasteiger partial charge on any atom is -0.520 e. The van der Waals surface area contributed by atoms with Crippen LogP contribution in [-0.4, -0.2) is 31.5 Å². The van der Waals surface area contributed by atoms with Crippen molar-refractivity contribution in [1.29, 1.82) is 0 Å². The van der Waals surface area contributed by atoms with E-state index in [1.165, 1.54) is 0 Å². The smallest absolute Gasteiger partial charge is 0.296 e. The second-order valence-corrected chi connectivity index (χ2v) is 16.1. The molecule has 0 amide bonds. The van der Waals surface area contributed by atoms with Crippen LogP contribution in [0.25, 0.3) is 0 Å². The fourth-order valence-corrected chi connectivity index (χ4v) is 7.03. The second-order valence-electron chi connectivity index (χ2n) is 13.4. The van der Waals surface area contributed by atoms with Crippen LogP contribution >= 0.6 is 0 Å². The molecule has 0 saturated heterocycles. The van der Waals surface area contributed by atoms with E-state index >= 15 is 0 Å². The maximum atomic E-state index is 12.8. The lowest BCUT2D eigenvalue weighted by molar-refractivity contribution is -0.148. The maximum absolute atomic E-state index is 12.8. The SMILES string of the molecule is CC(C)(C)C(C(=O)O[SiH2]c1ccc([SiH2]OC(=O)C(C(C)(C)C)C(C)(C)C)cc1)C(C)(C)C. The van der Waals surface area contributed by atoms with Crippen LogP contribution in [0.3, 0.4) is 0 Å². The summed E-state index contributed by atoms with van der Waals surface area (Å²) in [4.78, 5) is 25.7. The van der Waals surface area contributed by atoms with E-state index in [2.05, 4.69) is 83.1 Å². The fourth-order valence-electron chi connectivity index (χ4n) is 5.22. The van der Waals surface area contributed by atoms with E-state index in [9.17, 15) is 9.59 Å². The van der Waals surface area contributed by atoms with Crippen LogP contribution in [0.4, 0.5) is 0 Å². The molecule has 0 heterocycles. The highest BCUT2D eigenvalue weighted by molar-refractivity contribution is 6.51. The molecule has 0 N–H and O–H groups in total. The molecule has 0 spiro atoms. The van der Waals surface area contributed by atoms with Gasteiger partial charge in [0, 0.05) is 0 Å². The normalized spacial score (nSPS) is 14.2. The highest BCUT2D eigenvalue weighted by Gasteiger charge is 2.42. The van der Waals surface area contributed by atoms with Gasteiger partial charge in [0.05, 0.1) is 11.8 Å². The van der Waals surface area contributed by atoms with Gasteiger partial charge in [-0.2, -0.15) is 0 Å². The Morgan fingerprint density at radius 1 is 0.562 bits per heavy atom. The summed E-state index contributed by atoms with van der Waals surface area (Å²) >= 11 is 0. The van der Waals surface area contributed by atoms with Crippen molar-refractivity contribution in [2.45, 2.75) is 83.1 Å². The summed E-state index contributed by atoms with van der Waals surface area (Å²) in [5, 5.41) is 2.15. The lowest BCUT2D eigenvalue weighted by Crippen LogP contribution is -2.41. The van der Waals surface area contributed by atoms with Crippen molar-refractivity contribution in [2.75, 3.05) is 0 Å². The molecule has 1 rings (SSSR count). The molecule has 0 aliphatic carbocycles. The van der Waals surface area contributed by atoms with Gasteiger partial charge in [-0.1, -0.05) is 107 Å². The third-order valence-corrected chi connectivity index (χ3v) is 8.19. The average molecular weight is 479 g/mol. The van der Waals surface area contributed by atoms with Gasteiger partial charge in [0.15, 0.2) is 0 Å². The van der Waals surface area contributed by atoms with Gasteiger partial charge in [0.2, 0.25) is 0 Å². The van der Waals surface area contributed by atoms with Crippen LogP contribution in [0.2, 0.25) is 0 Å². The Kier molecular flexibility index (Phi) is 9.17. The molecule has 0 atom stereocenters. The number of hydrogen-bond donors (Lipinski definition) is 0. The minimum atomic E-state index is -1.16. The van der Waals surface area contributed by atoms with Crippen LogP contribution in [-0.2, 0) is 18.4 Å². The number of carbonyl (C=O) groups is 2. The van der Waals surface area contributed by atoms with E-state index in [4.69, 9.17) is 8.85 Å². The summed E-state index contributed by atoms with van der Waals surface area (Å²) in [5.74, 6) is -0.516. The molecule has 4 nitrogen and oxygen atoms in total. The summed E-state index contributed by atoms with van der Waals surface area (Å²) in [6.45, 7) is 25.1. The molecule has 1 aromatic rings. The molecule has 0 aliphatic rings. The Bertz CT molecular complexity index is 678. The first-order valence-electron chi connectivity index (χ1n) is 11.7. The van der Waals surface area contributed by atoms with E-state index in [-0.39, 0.29) is 45.4 Å². The molecule has 0 bridgehead atoms. The van der Waals surface area contributed by atoms with Gasteiger partial charge in [0.1, 0.15) is 0 Å². The van der Waals surface area contributed by atoms with Gasteiger partial charge in [-0.05, 0) is 32.0 Å². The van der Waals surface area contributed by atoms with E-state index < -0.39 is 19.5 Å². The summed E-state index contributed by atoms with van der Waals surface area (Å²) in [5.41, 5.74) is -0.607. The first-order valence-corrected chi connectivity index (χ1v) is 14.2. The molecule has 0 saturated carbocycles. The summed E-state index contributed by atoms with van der Waals surface area (Å²) in [7, 11) is -2.31. The van der Waals surface area contributed by atoms with Crippen molar-refractivity contribution in [1.82, 2.24) is 0 Å².